The molecule has 4 heteroatoms. The van der Waals surface area contributed by atoms with E-state index in [1.165, 1.54) is 0 Å². The van der Waals surface area contributed by atoms with Crippen molar-refractivity contribution in [2.45, 2.75) is 33.2 Å². The molecule has 1 heterocycles. The highest BCUT2D eigenvalue weighted by atomic mass is 16.2. The molecule has 1 aromatic rings. The Morgan fingerprint density at radius 1 is 1.32 bits per heavy atom. The molecule has 2 rings (SSSR count). The van der Waals surface area contributed by atoms with E-state index in [0.717, 1.165) is 11.3 Å². The molecule has 0 saturated carbocycles. The molecule has 1 aliphatic heterocycles. The van der Waals surface area contributed by atoms with Gasteiger partial charge in [0.05, 0.1) is 5.92 Å². The summed E-state index contributed by atoms with van der Waals surface area (Å²) in [6, 6.07) is 7.82. The van der Waals surface area contributed by atoms with Crippen molar-refractivity contribution in [3.05, 3.63) is 29.8 Å². The van der Waals surface area contributed by atoms with Gasteiger partial charge in [0.15, 0.2) is 0 Å². The van der Waals surface area contributed by atoms with Gasteiger partial charge in [-0.1, -0.05) is 17.7 Å². The predicted octanol–water partition coefficient (Wildman–Crippen LogP) is 2.19. The lowest BCUT2D eigenvalue weighted by atomic mass is 10.1. The Labute approximate surface area is 113 Å². The molecule has 0 aliphatic carbocycles. The molecule has 4 nitrogen and oxygen atoms in total. The number of benzene rings is 1. The van der Waals surface area contributed by atoms with Gasteiger partial charge in [0, 0.05) is 24.7 Å². The number of anilines is 1. The number of likely N-dealkylation sites (tertiary alicyclic amines) is 1. The summed E-state index contributed by atoms with van der Waals surface area (Å²) in [5, 5.41) is 2.87. The van der Waals surface area contributed by atoms with Crippen molar-refractivity contribution in [1.82, 2.24) is 4.90 Å². The minimum absolute atomic E-state index is 0.0686. The number of hydrogen-bond acceptors (Lipinski definition) is 2. The van der Waals surface area contributed by atoms with Crippen LogP contribution in [0.4, 0.5) is 5.69 Å². The average Bonchev–Trinajstić information content (AvgIpc) is 2.74. The molecular formula is C15H20N2O2. The summed E-state index contributed by atoms with van der Waals surface area (Å²) < 4.78 is 0. The third-order valence-corrected chi connectivity index (χ3v) is 3.47. The fraction of sp³-hybridized carbons (Fsp3) is 0.467. The molecule has 0 unspecified atom stereocenters. The summed E-state index contributed by atoms with van der Waals surface area (Å²) in [6.45, 7) is 6.46. The molecule has 102 valence electrons. The Morgan fingerprint density at radius 2 is 1.95 bits per heavy atom. The summed E-state index contributed by atoms with van der Waals surface area (Å²) in [5.41, 5.74) is 1.94. The van der Waals surface area contributed by atoms with Gasteiger partial charge in [0.25, 0.3) is 0 Å². The van der Waals surface area contributed by atoms with Crippen molar-refractivity contribution in [3.63, 3.8) is 0 Å². The Balaban J connectivity index is 1.98. The van der Waals surface area contributed by atoms with E-state index < -0.39 is 0 Å². The van der Waals surface area contributed by atoms with Gasteiger partial charge in [0.1, 0.15) is 0 Å². The highest BCUT2D eigenvalue weighted by Gasteiger charge is 2.35. The van der Waals surface area contributed by atoms with Crippen LogP contribution in [-0.4, -0.2) is 29.3 Å². The first kappa shape index (κ1) is 13.6. The monoisotopic (exact) mass is 260 g/mol. The molecule has 19 heavy (non-hydrogen) atoms. The van der Waals surface area contributed by atoms with Crippen molar-refractivity contribution in [3.8, 4) is 0 Å². The van der Waals surface area contributed by atoms with Crippen LogP contribution in [0.25, 0.3) is 0 Å². The Morgan fingerprint density at radius 3 is 2.47 bits per heavy atom. The third kappa shape index (κ3) is 3.13. The zero-order valence-electron chi connectivity index (χ0n) is 11.6. The van der Waals surface area contributed by atoms with Gasteiger partial charge in [-0.25, -0.2) is 0 Å². The van der Waals surface area contributed by atoms with Gasteiger partial charge in [-0.05, 0) is 32.9 Å². The molecule has 1 fully saturated rings. The maximum Gasteiger partial charge on any atom is 0.229 e. The standard InChI is InChI=1S/C15H20N2O2/c1-10(2)17-9-12(8-14(17)18)15(19)16-13-6-4-11(3)5-7-13/h4-7,10,12H,8-9H2,1-3H3,(H,16,19)/t12-/m0/s1. The first-order chi connectivity index (χ1) is 8.97. The van der Waals surface area contributed by atoms with Crippen LogP contribution in [0.2, 0.25) is 0 Å². The zero-order valence-corrected chi connectivity index (χ0v) is 11.6. The van der Waals surface area contributed by atoms with Crippen LogP contribution in [0.15, 0.2) is 24.3 Å². The second-order valence-electron chi connectivity index (χ2n) is 5.40. The number of nitrogens with one attached hydrogen (secondary N) is 1. The molecule has 2 amide bonds. The van der Waals surface area contributed by atoms with E-state index in [9.17, 15) is 9.59 Å². The van der Waals surface area contributed by atoms with E-state index in [1.54, 1.807) is 4.90 Å². The predicted molar refractivity (Wildman–Crippen MR) is 74.8 cm³/mol. The van der Waals surface area contributed by atoms with E-state index in [0.29, 0.717) is 13.0 Å². The van der Waals surface area contributed by atoms with Gasteiger partial charge < -0.3 is 10.2 Å². The maximum absolute atomic E-state index is 12.1. The van der Waals surface area contributed by atoms with Crippen LogP contribution in [0.3, 0.4) is 0 Å². The Hall–Kier alpha value is -1.84. The second kappa shape index (κ2) is 5.43. The van der Waals surface area contributed by atoms with Gasteiger partial charge in [0.2, 0.25) is 11.8 Å². The number of carbonyl (C=O) groups excluding carboxylic acids is 2. The lowest BCUT2D eigenvalue weighted by Crippen LogP contribution is -2.33. The Bertz CT molecular complexity index is 479. The van der Waals surface area contributed by atoms with E-state index in [1.807, 2.05) is 45.0 Å². The highest BCUT2D eigenvalue weighted by Crippen LogP contribution is 2.21. The molecule has 1 N–H and O–H groups in total. The normalized spacial score (nSPS) is 19.1. The van der Waals surface area contributed by atoms with Crippen molar-refractivity contribution in [1.29, 1.82) is 0 Å². The molecular weight excluding hydrogens is 240 g/mol. The van der Waals surface area contributed by atoms with E-state index in [-0.39, 0.29) is 23.8 Å². The van der Waals surface area contributed by atoms with Crippen LogP contribution < -0.4 is 5.32 Å². The largest absolute Gasteiger partial charge is 0.339 e. The van der Waals surface area contributed by atoms with Crippen LogP contribution in [-0.2, 0) is 9.59 Å². The summed E-state index contributed by atoms with van der Waals surface area (Å²) in [5.74, 6) is -0.240. The van der Waals surface area contributed by atoms with Crippen molar-refractivity contribution >= 4 is 17.5 Å². The number of aryl methyl sites for hydroxylation is 1. The number of carbonyl (C=O) groups is 2. The molecule has 1 saturated heterocycles. The van der Waals surface area contributed by atoms with Crippen molar-refractivity contribution < 1.29 is 9.59 Å². The lowest BCUT2D eigenvalue weighted by molar-refractivity contribution is -0.129. The molecule has 0 radical (unpaired) electrons. The van der Waals surface area contributed by atoms with Crippen LogP contribution in [0, 0.1) is 12.8 Å². The van der Waals surface area contributed by atoms with Gasteiger partial charge >= 0.3 is 0 Å². The molecule has 1 atom stereocenters. The quantitative estimate of drug-likeness (QED) is 0.905. The minimum atomic E-state index is -0.240. The second-order valence-corrected chi connectivity index (χ2v) is 5.40. The highest BCUT2D eigenvalue weighted by molar-refractivity contribution is 5.97. The lowest BCUT2D eigenvalue weighted by Gasteiger charge is -2.20. The fourth-order valence-electron chi connectivity index (χ4n) is 2.29. The summed E-state index contributed by atoms with van der Waals surface area (Å²) in [6.07, 6.45) is 0.315. The average molecular weight is 260 g/mol. The molecule has 1 aliphatic rings. The van der Waals surface area contributed by atoms with Gasteiger partial charge in [-0.3, -0.25) is 9.59 Å². The number of rotatable bonds is 3. The van der Waals surface area contributed by atoms with Gasteiger partial charge in [-0.15, -0.1) is 0 Å². The summed E-state index contributed by atoms with van der Waals surface area (Å²) in [4.78, 5) is 25.7. The Kier molecular flexibility index (Phi) is 3.88. The van der Waals surface area contributed by atoms with Gasteiger partial charge in [-0.2, -0.15) is 0 Å². The van der Waals surface area contributed by atoms with Crippen LogP contribution >= 0.6 is 0 Å². The number of nitrogens with zero attached hydrogens (tertiary/aromatic N) is 1. The first-order valence-electron chi connectivity index (χ1n) is 6.64. The smallest absolute Gasteiger partial charge is 0.229 e. The van der Waals surface area contributed by atoms with E-state index in [4.69, 9.17) is 0 Å². The molecule has 0 spiro atoms. The number of amides is 2. The van der Waals surface area contributed by atoms with E-state index >= 15 is 0 Å². The zero-order chi connectivity index (χ0) is 14.0. The maximum atomic E-state index is 12.1. The molecule has 1 aromatic carbocycles. The topological polar surface area (TPSA) is 49.4 Å². The van der Waals surface area contributed by atoms with Crippen LogP contribution in [0.1, 0.15) is 25.8 Å². The van der Waals surface area contributed by atoms with Crippen LogP contribution in [0.5, 0.6) is 0 Å². The fourth-order valence-corrected chi connectivity index (χ4v) is 2.29. The first-order valence-corrected chi connectivity index (χ1v) is 6.64. The van der Waals surface area contributed by atoms with Crippen molar-refractivity contribution in [2.24, 2.45) is 5.92 Å². The third-order valence-electron chi connectivity index (χ3n) is 3.47. The number of hydrogen-bond donors (Lipinski definition) is 1. The molecule has 0 aromatic heterocycles. The van der Waals surface area contributed by atoms with E-state index in [2.05, 4.69) is 5.32 Å². The minimum Gasteiger partial charge on any atom is -0.339 e. The summed E-state index contributed by atoms with van der Waals surface area (Å²) in [7, 11) is 0. The SMILES string of the molecule is Cc1ccc(NC(=O)[C@H]2CC(=O)N(C(C)C)C2)cc1. The summed E-state index contributed by atoms with van der Waals surface area (Å²) >= 11 is 0. The van der Waals surface area contributed by atoms with Crippen molar-refractivity contribution in [2.75, 3.05) is 11.9 Å². The molecule has 0 bridgehead atoms.